The summed E-state index contributed by atoms with van der Waals surface area (Å²) < 4.78 is 5.97. The van der Waals surface area contributed by atoms with E-state index in [0.717, 1.165) is 26.2 Å². The highest BCUT2D eigenvalue weighted by atomic mass is 16.5. The summed E-state index contributed by atoms with van der Waals surface area (Å²) in [6, 6.07) is 10.5. The molecule has 0 unspecified atom stereocenters. The molecule has 3 fully saturated rings. The van der Waals surface area contributed by atoms with Gasteiger partial charge in [0.2, 0.25) is 0 Å². The lowest BCUT2D eigenvalue weighted by molar-refractivity contribution is 0.0739. The van der Waals surface area contributed by atoms with Gasteiger partial charge in [-0.1, -0.05) is 30.3 Å². The van der Waals surface area contributed by atoms with Gasteiger partial charge in [-0.05, 0) is 25.5 Å². The zero-order valence-electron chi connectivity index (χ0n) is 14.4. The van der Waals surface area contributed by atoms with Crippen molar-refractivity contribution < 1.29 is 9.53 Å². The van der Waals surface area contributed by atoms with Crippen molar-refractivity contribution in [3.63, 3.8) is 0 Å². The molecule has 130 valence electrons. The minimum absolute atomic E-state index is 0.0944. The second kappa shape index (κ2) is 6.73. The van der Waals surface area contributed by atoms with Crippen molar-refractivity contribution in [2.45, 2.75) is 31.6 Å². The van der Waals surface area contributed by atoms with Crippen LogP contribution in [-0.4, -0.2) is 61.3 Å². The number of nitrogens with one attached hydrogen (secondary N) is 1. The van der Waals surface area contributed by atoms with Gasteiger partial charge in [0, 0.05) is 44.6 Å². The third kappa shape index (κ3) is 3.15. The van der Waals surface area contributed by atoms with Crippen LogP contribution in [0.25, 0.3) is 0 Å². The molecule has 2 bridgehead atoms. The topological polar surface area (TPSA) is 44.8 Å². The number of amides is 2. The zero-order chi connectivity index (χ0) is 16.5. The van der Waals surface area contributed by atoms with Crippen molar-refractivity contribution in [3.8, 4) is 0 Å². The van der Waals surface area contributed by atoms with E-state index in [1.165, 1.54) is 18.4 Å². The number of benzene rings is 1. The van der Waals surface area contributed by atoms with Gasteiger partial charge >= 0.3 is 6.03 Å². The van der Waals surface area contributed by atoms with Crippen molar-refractivity contribution in [1.82, 2.24) is 15.1 Å². The summed E-state index contributed by atoms with van der Waals surface area (Å²) in [5.41, 5.74) is 1.30. The van der Waals surface area contributed by atoms with Gasteiger partial charge < -0.3 is 19.9 Å². The Morgan fingerprint density at radius 2 is 1.88 bits per heavy atom. The molecule has 0 radical (unpaired) electrons. The third-order valence-corrected chi connectivity index (χ3v) is 5.81. The molecular formula is C19H27N3O2. The summed E-state index contributed by atoms with van der Waals surface area (Å²) in [4.78, 5) is 16.6. The Balaban J connectivity index is 1.19. The fraction of sp³-hybridized carbons (Fsp3) is 0.632. The molecule has 0 aliphatic carbocycles. The van der Waals surface area contributed by atoms with E-state index >= 15 is 0 Å². The molecule has 0 saturated carbocycles. The number of hydrogen-bond acceptors (Lipinski definition) is 3. The number of rotatable bonds is 5. The van der Waals surface area contributed by atoms with Crippen LogP contribution in [0.1, 0.15) is 18.4 Å². The van der Waals surface area contributed by atoms with Crippen molar-refractivity contribution in [3.05, 3.63) is 35.9 Å². The van der Waals surface area contributed by atoms with Gasteiger partial charge in [-0.2, -0.15) is 0 Å². The van der Waals surface area contributed by atoms with E-state index in [4.69, 9.17) is 4.74 Å². The highest BCUT2D eigenvalue weighted by molar-refractivity contribution is 5.74. The first-order valence-corrected chi connectivity index (χ1v) is 9.11. The molecule has 1 aromatic rings. The maximum Gasteiger partial charge on any atom is 0.317 e. The molecule has 1 N–H and O–H groups in total. The van der Waals surface area contributed by atoms with Crippen LogP contribution in [0.2, 0.25) is 0 Å². The fourth-order valence-electron chi connectivity index (χ4n) is 4.57. The molecule has 24 heavy (non-hydrogen) atoms. The summed E-state index contributed by atoms with van der Waals surface area (Å²) in [5.74, 6) is 1.16. The predicted molar refractivity (Wildman–Crippen MR) is 92.6 cm³/mol. The molecule has 5 nitrogen and oxygen atoms in total. The van der Waals surface area contributed by atoms with Crippen LogP contribution < -0.4 is 5.32 Å². The zero-order valence-corrected chi connectivity index (χ0v) is 14.4. The number of fused-ring (bicyclic) bond motifs is 5. The minimum Gasteiger partial charge on any atom is -0.374 e. The molecule has 3 aliphatic rings. The molecule has 4 rings (SSSR count). The van der Waals surface area contributed by atoms with E-state index in [1.54, 1.807) is 0 Å². The molecular weight excluding hydrogens is 302 g/mol. The van der Waals surface area contributed by atoms with Crippen LogP contribution in [0.15, 0.2) is 30.3 Å². The van der Waals surface area contributed by atoms with E-state index in [2.05, 4.69) is 41.5 Å². The number of carbonyl (C=O) groups excluding carboxylic acids is 1. The molecule has 4 atom stereocenters. The van der Waals surface area contributed by atoms with Crippen molar-refractivity contribution >= 4 is 6.03 Å². The quantitative estimate of drug-likeness (QED) is 0.898. The van der Waals surface area contributed by atoms with E-state index in [9.17, 15) is 4.79 Å². The SMILES string of the molecule is CN(CCNC(=O)N1C[C@@H]2[C@@H](C1)[C@H]1CC[C@H]2O1)Cc1ccccc1. The third-order valence-electron chi connectivity index (χ3n) is 5.81. The first-order valence-electron chi connectivity index (χ1n) is 9.11. The van der Waals surface area contributed by atoms with Crippen LogP contribution in [0.4, 0.5) is 4.79 Å². The lowest BCUT2D eigenvalue weighted by Gasteiger charge is -2.21. The summed E-state index contributed by atoms with van der Waals surface area (Å²) in [6.07, 6.45) is 3.20. The summed E-state index contributed by atoms with van der Waals surface area (Å²) >= 11 is 0. The number of hydrogen-bond donors (Lipinski definition) is 1. The van der Waals surface area contributed by atoms with Gasteiger partial charge in [0.1, 0.15) is 0 Å². The lowest BCUT2D eigenvalue weighted by Crippen LogP contribution is -2.42. The van der Waals surface area contributed by atoms with Crippen LogP contribution in [0.5, 0.6) is 0 Å². The Labute approximate surface area is 144 Å². The van der Waals surface area contributed by atoms with Crippen molar-refractivity contribution in [2.24, 2.45) is 11.8 Å². The van der Waals surface area contributed by atoms with Crippen LogP contribution in [0.3, 0.4) is 0 Å². The van der Waals surface area contributed by atoms with Gasteiger partial charge in [0.25, 0.3) is 0 Å². The van der Waals surface area contributed by atoms with E-state index in [-0.39, 0.29) is 6.03 Å². The largest absolute Gasteiger partial charge is 0.374 e. The van der Waals surface area contributed by atoms with Gasteiger partial charge in [-0.15, -0.1) is 0 Å². The number of likely N-dealkylation sites (N-methyl/N-ethyl adjacent to an activating group) is 1. The molecule has 3 aliphatic heterocycles. The summed E-state index contributed by atoms with van der Waals surface area (Å²) in [5, 5.41) is 3.09. The monoisotopic (exact) mass is 329 g/mol. The van der Waals surface area contributed by atoms with Crippen LogP contribution in [-0.2, 0) is 11.3 Å². The van der Waals surface area contributed by atoms with Gasteiger partial charge in [0.05, 0.1) is 12.2 Å². The van der Waals surface area contributed by atoms with E-state index in [0.29, 0.717) is 30.6 Å². The van der Waals surface area contributed by atoms with E-state index < -0.39 is 0 Å². The summed E-state index contributed by atoms with van der Waals surface area (Å²) in [6.45, 7) is 4.20. The highest BCUT2D eigenvalue weighted by Gasteiger charge is 2.53. The standard InChI is InChI=1S/C19H27N3O2/c1-21(11-14-5-3-2-4-6-14)10-9-20-19(23)22-12-15-16(13-22)18-8-7-17(15)24-18/h2-6,15-18H,7-13H2,1H3,(H,20,23)/t15-,16-,17-,18-/m1/s1. The molecule has 3 heterocycles. The molecule has 3 saturated heterocycles. The van der Waals surface area contributed by atoms with Gasteiger partial charge in [-0.3, -0.25) is 0 Å². The van der Waals surface area contributed by atoms with E-state index in [1.807, 2.05) is 11.0 Å². The molecule has 0 spiro atoms. The molecule has 5 heteroatoms. The van der Waals surface area contributed by atoms with Crippen LogP contribution in [0, 0.1) is 11.8 Å². The Hall–Kier alpha value is -1.59. The molecule has 2 amide bonds. The number of nitrogens with zero attached hydrogens (tertiary/aromatic N) is 2. The minimum atomic E-state index is 0.0944. The molecule has 1 aromatic carbocycles. The number of likely N-dealkylation sites (tertiary alicyclic amines) is 1. The van der Waals surface area contributed by atoms with Crippen molar-refractivity contribution in [2.75, 3.05) is 33.2 Å². The Morgan fingerprint density at radius 1 is 1.21 bits per heavy atom. The Morgan fingerprint density at radius 3 is 2.54 bits per heavy atom. The predicted octanol–water partition coefficient (Wildman–Crippen LogP) is 1.94. The first-order chi connectivity index (χ1) is 11.7. The van der Waals surface area contributed by atoms with Gasteiger partial charge in [-0.25, -0.2) is 4.79 Å². The average molecular weight is 329 g/mol. The maximum absolute atomic E-state index is 12.4. The number of carbonyl (C=O) groups is 1. The smallest absolute Gasteiger partial charge is 0.317 e. The Kier molecular flexibility index (Phi) is 4.46. The highest BCUT2D eigenvalue weighted by Crippen LogP contribution is 2.47. The normalized spacial score (nSPS) is 30.8. The summed E-state index contributed by atoms with van der Waals surface area (Å²) in [7, 11) is 2.09. The fourth-order valence-corrected chi connectivity index (χ4v) is 4.57. The molecule has 0 aromatic heterocycles. The number of urea groups is 1. The average Bonchev–Trinajstić information content (AvgIpc) is 3.28. The van der Waals surface area contributed by atoms with Crippen LogP contribution >= 0.6 is 0 Å². The second-order valence-corrected chi connectivity index (χ2v) is 7.48. The Bertz CT molecular complexity index is 561. The second-order valence-electron chi connectivity index (χ2n) is 7.48. The van der Waals surface area contributed by atoms with Gasteiger partial charge in [0.15, 0.2) is 0 Å². The maximum atomic E-state index is 12.4. The lowest BCUT2D eigenvalue weighted by atomic mass is 9.82. The van der Waals surface area contributed by atoms with Crippen molar-refractivity contribution in [1.29, 1.82) is 0 Å². The first kappa shape index (κ1) is 15.9. The number of ether oxygens (including phenoxy) is 1.